The molecule has 4 rings (SSSR count). The number of anilines is 1. The molecule has 0 spiro atoms. The van der Waals surface area contributed by atoms with E-state index in [0.717, 1.165) is 12.8 Å². The molecule has 7 nitrogen and oxygen atoms in total. The standard InChI is InChI=1S/C19H23FN4O3/c1-19(2)9-12(6-7-27-19)21-18(26)11-8-15(25)24(10-11)17-16-13(20)4-3-5-14(16)22-23-17/h3-5,11-12H,6-10H2,1-2H3,(H,21,26)(H,22,23)/t11-,12+/m0/s1. The van der Waals surface area contributed by atoms with Gasteiger partial charge in [0, 0.05) is 25.6 Å². The minimum Gasteiger partial charge on any atom is -0.375 e. The number of rotatable bonds is 3. The first-order chi connectivity index (χ1) is 12.8. The lowest BCUT2D eigenvalue weighted by molar-refractivity contribution is -0.128. The predicted octanol–water partition coefficient (Wildman–Crippen LogP) is 2.13. The number of fused-ring (bicyclic) bond motifs is 1. The summed E-state index contributed by atoms with van der Waals surface area (Å²) in [6, 6.07) is 4.65. The third kappa shape index (κ3) is 3.41. The Balaban J connectivity index is 1.48. The van der Waals surface area contributed by atoms with Gasteiger partial charge in [-0.1, -0.05) is 6.07 Å². The van der Waals surface area contributed by atoms with E-state index < -0.39 is 11.7 Å². The number of aromatic nitrogens is 2. The fourth-order valence-corrected chi connectivity index (χ4v) is 3.97. The fraction of sp³-hybridized carbons (Fsp3) is 0.526. The molecule has 0 bridgehead atoms. The first kappa shape index (κ1) is 17.9. The molecule has 2 amide bonds. The zero-order valence-corrected chi connectivity index (χ0v) is 15.4. The van der Waals surface area contributed by atoms with Gasteiger partial charge in [-0.3, -0.25) is 19.6 Å². The van der Waals surface area contributed by atoms with Gasteiger partial charge in [-0.05, 0) is 38.8 Å². The summed E-state index contributed by atoms with van der Waals surface area (Å²) in [7, 11) is 0. The van der Waals surface area contributed by atoms with Crippen molar-refractivity contribution in [2.24, 2.45) is 5.92 Å². The molecule has 2 saturated heterocycles. The van der Waals surface area contributed by atoms with Crippen molar-refractivity contribution in [2.45, 2.75) is 44.8 Å². The lowest BCUT2D eigenvalue weighted by Crippen LogP contribution is -2.47. The minimum absolute atomic E-state index is 0.0362. The molecule has 0 aliphatic carbocycles. The van der Waals surface area contributed by atoms with Crippen molar-refractivity contribution in [3.8, 4) is 0 Å². The third-order valence-electron chi connectivity index (χ3n) is 5.31. The quantitative estimate of drug-likeness (QED) is 0.862. The monoisotopic (exact) mass is 374 g/mol. The Hall–Kier alpha value is -2.48. The highest BCUT2D eigenvalue weighted by Crippen LogP contribution is 2.32. The summed E-state index contributed by atoms with van der Waals surface area (Å²) < 4.78 is 19.9. The molecule has 3 heterocycles. The number of H-pyrrole nitrogens is 1. The Morgan fingerprint density at radius 2 is 2.26 bits per heavy atom. The molecule has 0 unspecified atom stereocenters. The van der Waals surface area contributed by atoms with Crippen molar-refractivity contribution in [3.63, 3.8) is 0 Å². The first-order valence-electron chi connectivity index (χ1n) is 9.21. The topological polar surface area (TPSA) is 87.3 Å². The van der Waals surface area contributed by atoms with Crippen molar-refractivity contribution in [1.82, 2.24) is 15.5 Å². The number of hydrogen-bond donors (Lipinski definition) is 2. The van der Waals surface area contributed by atoms with Crippen LogP contribution < -0.4 is 10.2 Å². The van der Waals surface area contributed by atoms with E-state index in [0.29, 0.717) is 12.1 Å². The number of benzene rings is 1. The predicted molar refractivity (Wildman–Crippen MR) is 97.7 cm³/mol. The number of ether oxygens (including phenoxy) is 1. The molecule has 144 valence electrons. The highest BCUT2D eigenvalue weighted by Gasteiger charge is 2.39. The SMILES string of the molecule is CC1(C)C[C@H](NC(=O)[C@H]2CC(=O)N(c3n[nH]c4cccc(F)c34)C2)CCO1. The van der Waals surface area contributed by atoms with Gasteiger partial charge in [-0.2, -0.15) is 5.10 Å². The number of carbonyl (C=O) groups is 2. The molecule has 8 heteroatoms. The Labute approximate surface area is 156 Å². The lowest BCUT2D eigenvalue weighted by atomic mass is 9.93. The number of amides is 2. The van der Waals surface area contributed by atoms with Gasteiger partial charge in [0.2, 0.25) is 11.8 Å². The highest BCUT2D eigenvalue weighted by atomic mass is 19.1. The maximum atomic E-state index is 14.2. The van der Waals surface area contributed by atoms with Crippen LogP contribution in [0.15, 0.2) is 18.2 Å². The van der Waals surface area contributed by atoms with Crippen LogP contribution in [-0.4, -0.2) is 46.8 Å². The van der Waals surface area contributed by atoms with Crippen LogP contribution in [0.3, 0.4) is 0 Å². The minimum atomic E-state index is -0.470. The molecule has 2 atom stereocenters. The Kier molecular flexibility index (Phi) is 4.38. The summed E-state index contributed by atoms with van der Waals surface area (Å²) in [6.45, 7) is 4.81. The summed E-state index contributed by atoms with van der Waals surface area (Å²) in [5.41, 5.74) is 0.259. The second-order valence-corrected chi connectivity index (χ2v) is 7.92. The summed E-state index contributed by atoms with van der Waals surface area (Å²) in [4.78, 5) is 26.6. The van der Waals surface area contributed by atoms with Crippen LogP contribution in [0.2, 0.25) is 0 Å². The van der Waals surface area contributed by atoms with Crippen molar-refractivity contribution < 1.29 is 18.7 Å². The normalized spacial score (nSPS) is 25.1. The molecule has 2 fully saturated rings. The number of hydrogen-bond acceptors (Lipinski definition) is 4. The maximum absolute atomic E-state index is 14.2. The van der Waals surface area contributed by atoms with Crippen LogP contribution in [0.25, 0.3) is 10.9 Å². The molecule has 2 N–H and O–H groups in total. The molecule has 2 aliphatic heterocycles. The van der Waals surface area contributed by atoms with E-state index in [9.17, 15) is 14.0 Å². The molecule has 0 radical (unpaired) electrons. The van der Waals surface area contributed by atoms with Gasteiger partial charge in [0.15, 0.2) is 5.82 Å². The van der Waals surface area contributed by atoms with E-state index in [1.807, 2.05) is 13.8 Å². The van der Waals surface area contributed by atoms with Gasteiger partial charge in [0.05, 0.1) is 22.4 Å². The molecule has 2 aromatic rings. The summed E-state index contributed by atoms with van der Waals surface area (Å²) in [5, 5.41) is 10.2. The number of nitrogens with zero attached hydrogens (tertiary/aromatic N) is 2. The molecule has 1 aromatic carbocycles. The zero-order chi connectivity index (χ0) is 19.2. The van der Waals surface area contributed by atoms with E-state index in [1.165, 1.54) is 11.0 Å². The van der Waals surface area contributed by atoms with Gasteiger partial charge in [-0.25, -0.2) is 4.39 Å². The molecule has 2 aliphatic rings. The van der Waals surface area contributed by atoms with Gasteiger partial charge >= 0.3 is 0 Å². The average molecular weight is 374 g/mol. The lowest BCUT2D eigenvalue weighted by Gasteiger charge is -2.36. The van der Waals surface area contributed by atoms with Crippen molar-refractivity contribution in [2.75, 3.05) is 18.1 Å². The Bertz CT molecular complexity index is 894. The second-order valence-electron chi connectivity index (χ2n) is 7.92. The zero-order valence-electron chi connectivity index (χ0n) is 15.4. The van der Waals surface area contributed by atoms with E-state index in [1.54, 1.807) is 12.1 Å². The van der Waals surface area contributed by atoms with E-state index in [-0.39, 0.29) is 47.6 Å². The molecule has 27 heavy (non-hydrogen) atoms. The molecular weight excluding hydrogens is 351 g/mol. The Morgan fingerprint density at radius 1 is 1.44 bits per heavy atom. The van der Waals surface area contributed by atoms with Gasteiger partial charge in [0.1, 0.15) is 5.82 Å². The number of nitrogens with one attached hydrogen (secondary N) is 2. The summed E-state index contributed by atoms with van der Waals surface area (Å²) in [6.07, 6.45) is 1.59. The van der Waals surface area contributed by atoms with Crippen LogP contribution in [0.5, 0.6) is 0 Å². The van der Waals surface area contributed by atoms with Crippen molar-refractivity contribution in [1.29, 1.82) is 0 Å². The van der Waals surface area contributed by atoms with E-state index >= 15 is 0 Å². The van der Waals surface area contributed by atoms with Gasteiger partial charge < -0.3 is 10.1 Å². The molecule has 1 aromatic heterocycles. The maximum Gasteiger partial charge on any atom is 0.229 e. The fourth-order valence-electron chi connectivity index (χ4n) is 3.97. The average Bonchev–Trinajstić information content (AvgIpc) is 3.18. The molecular formula is C19H23FN4O3. The van der Waals surface area contributed by atoms with E-state index in [4.69, 9.17) is 4.74 Å². The Morgan fingerprint density at radius 3 is 3.04 bits per heavy atom. The first-order valence-corrected chi connectivity index (χ1v) is 9.21. The second kappa shape index (κ2) is 6.60. The van der Waals surface area contributed by atoms with Crippen LogP contribution >= 0.6 is 0 Å². The van der Waals surface area contributed by atoms with Crippen molar-refractivity contribution in [3.05, 3.63) is 24.0 Å². The van der Waals surface area contributed by atoms with Crippen LogP contribution in [0.4, 0.5) is 10.2 Å². The third-order valence-corrected chi connectivity index (χ3v) is 5.31. The van der Waals surface area contributed by atoms with Crippen LogP contribution in [0, 0.1) is 11.7 Å². The van der Waals surface area contributed by atoms with Crippen LogP contribution in [-0.2, 0) is 14.3 Å². The van der Waals surface area contributed by atoms with Crippen molar-refractivity contribution >= 4 is 28.5 Å². The van der Waals surface area contributed by atoms with Crippen LogP contribution in [0.1, 0.15) is 33.1 Å². The van der Waals surface area contributed by atoms with E-state index in [2.05, 4.69) is 15.5 Å². The number of carbonyl (C=O) groups excluding carboxylic acids is 2. The molecule has 0 saturated carbocycles. The number of halogens is 1. The smallest absolute Gasteiger partial charge is 0.229 e. The summed E-state index contributed by atoms with van der Waals surface area (Å²) >= 11 is 0. The number of aromatic amines is 1. The highest BCUT2D eigenvalue weighted by molar-refractivity contribution is 6.05. The van der Waals surface area contributed by atoms with Gasteiger partial charge in [-0.15, -0.1) is 0 Å². The summed E-state index contributed by atoms with van der Waals surface area (Å²) in [5.74, 6) is -1.04. The largest absolute Gasteiger partial charge is 0.375 e. The van der Waals surface area contributed by atoms with Gasteiger partial charge in [0.25, 0.3) is 0 Å².